The lowest BCUT2D eigenvalue weighted by atomic mass is 10.1. The van der Waals surface area contributed by atoms with Crippen molar-refractivity contribution in [2.24, 2.45) is 0 Å². The van der Waals surface area contributed by atoms with E-state index in [0.717, 1.165) is 25.7 Å². The van der Waals surface area contributed by atoms with E-state index in [2.05, 4.69) is 26.4 Å². The number of aliphatic hydroxyl groups excluding tert-OH is 2. The maximum Gasteiger partial charge on any atom is 0.529 e. The summed E-state index contributed by atoms with van der Waals surface area (Å²) in [6.45, 7) is 1.47. The van der Waals surface area contributed by atoms with Crippen LogP contribution in [-0.2, 0) is 23.1 Å². The Bertz CT molecular complexity index is 972. The molecule has 32 heavy (non-hydrogen) atoms. The minimum atomic E-state index is -4.71. The van der Waals surface area contributed by atoms with Gasteiger partial charge in [0.1, 0.15) is 30.2 Å². The molecule has 0 radical (unpaired) electrons. The van der Waals surface area contributed by atoms with Gasteiger partial charge in [0.25, 0.3) is 0 Å². The van der Waals surface area contributed by atoms with Crippen molar-refractivity contribution in [2.45, 2.75) is 70.0 Å². The predicted octanol–water partition coefficient (Wildman–Crippen LogP) is 1.05. The smallest absolute Gasteiger partial charge is 0.387 e. The molecule has 0 bridgehead atoms. The van der Waals surface area contributed by atoms with Crippen LogP contribution in [0.5, 0.6) is 0 Å². The number of carbonyl (C=O) groups excluding carboxylic acids is 1. The number of ether oxygens (including phenoxy) is 1. The molecule has 1 aliphatic rings. The molecule has 2 aromatic heterocycles. The Balaban J connectivity index is 1.54. The summed E-state index contributed by atoms with van der Waals surface area (Å²) in [5.41, 5.74) is 6.31. The number of rotatable bonds is 11. The molecular formula is C18H28N5O8P. The number of nitrogen functional groups attached to an aromatic ring is 1. The molecule has 3 heterocycles. The highest BCUT2D eigenvalue weighted by atomic mass is 31.2. The summed E-state index contributed by atoms with van der Waals surface area (Å²) in [7, 11) is -4.71. The van der Waals surface area contributed by atoms with E-state index < -0.39 is 44.9 Å². The zero-order valence-corrected chi connectivity index (χ0v) is 18.5. The fourth-order valence-electron chi connectivity index (χ4n) is 3.39. The Kier molecular flexibility index (Phi) is 8.15. The first-order valence-electron chi connectivity index (χ1n) is 10.4. The SMILES string of the molecule is CCCCCCCC(=O)OP(=O)(O)OC[C@H]1O[C@@H](n2cnc3c(N)ncnc32)[C@H](O)[C@@H]1O. The Labute approximate surface area is 184 Å². The van der Waals surface area contributed by atoms with E-state index in [-0.39, 0.29) is 17.9 Å². The summed E-state index contributed by atoms with van der Waals surface area (Å²) < 4.78 is 28.4. The standard InChI is InChI=1S/C18H28N5O8P/c1-2-3-4-5-6-7-12(24)31-32(27,28)29-8-11-14(25)15(26)18(30-11)23-10-22-13-16(19)20-9-21-17(13)23/h9-11,14-15,18,25-26H,2-8H2,1H3,(H,27,28)(H2,19,20,21)/t11-,14-,15-,18-/m1/s1. The molecule has 0 saturated carbocycles. The summed E-state index contributed by atoms with van der Waals surface area (Å²) in [5.74, 6) is -0.713. The number of fused-ring (bicyclic) bond motifs is 1. The second kappa shape index (κ2) is 10.6. The topological polar surface area (TPSA) is 192 Å². The van der Waals surface area contributed by atoms with Crippen molar-refractivity contribution < 1.29 is 38.3 Å². The predicted molar refractivity (Wildman–Crippen MR) is 111 cm³/mol. The Morgan fingerprint density at radius 2 is 1.97 bits per heavy atom. The third-order valence-electron chi connectivity index (χ3n) is 5.10. The van der Waals surface area contributed by atoms with Crippen LogP contribution >= 0.6 is 7.82 Å². The molecule has 5 N–H and O–H groups in total. The lowest BCUT2D eigenvalue weighted by Crippen LogP contribution is -2.33. The molecule has 14 heteroatoms. The van der Waals surface area contributed by atoms with Crippen molar-refractivity contribution >= 4 is 30.8 Å². The summed E-state index contributed by atoms with van der Waals surface area (Å²) >= 11 is 0. The van der Waals surface area contributed by atoms with Crippen LogP contribution in [0.25, 0.3) is 11.2 Å². The van der Waals surface area contributed by atoms with Gasteiger partial charge in [-0.1, -0.05) is 32.6 Å². The van der Waals surface area contributed by atoms with Gasteiger partial charge in [-0.2, -0.15) is 0 Å². The lowest BCUT2D eigenvalue weighted by molar-refractivity contribution is -0.136. The second-order valence-corrected chi connectivity index (χ2v) is 8.90. The summed E-state index contributed by atoms with van der Waals surface area (Å²) in [4.78, 5) is 33.5. The molecule has 0 aliphatic carbocycles. The fourth-order valence-corrected chi connectivity index (χ4v) is 4.13. The molecule has 0 amide bonds. The molecule has 13 nitrogen and oxygen atoms in total. The normalized spacial score (nSPS) is 25.1. The number of aliphatic hydroxyl groups is 2. The van der Waals surface area contributed by atoms with Gasteiger partial charge < -0.3 is 25.2 Å². The van der Waals surface area contributed by atoms with Crippen LogP contribution in [-0.4, -0.2) is 65.5 Å². The van der Waals surface area contributed by atoms with Crippen LogP contribution in [0, 0.1) is 0 Å². The number of phosphoric acid groups is 1. The van der Waals surface area contributed by atoms with Crippen LogP contribution in [0.4, 0.5) is 5.82 Å². The molecule has 0 aromatic carbocycles. The third-order valence-corrected chi connectivity index (χ3v) is 6.01. The molecule has 5 atom stereocenters. The first kappa shape index (κ1) is 24.5. The number of phosphoric ester groups is 1. The number of nitrogens with two attached hydrogens (primary N) is 1. The van der Waals surface area contributed by atoms with Gasteiger partial charge in [-0.05, 0) is 6.42 Å². The van der Waals surface area contributed by atoms with Crippen molar-refractivity contribution in [2.75, 3.05) is 12.3 Å². The Morgan fingerprint density at radius 1 is 1.22 bits per heavy atom. The number of hydrogen-bond acceptors (Lipinski definition) is 11. The zero-order chi connectivity index (χ0) is 23.3. The van der Waals surface area contributed by atoms with Gasteiger partial charge in [-0.15, -0.1) is 0 Å². The first-order valence-corrected chi connectivity index (χ1v) is 11.9. The van der Waals surface area contributed by atoms with Gasteiger partial charge in [0, 0.05) is 6.42 Å². The monoisotopic (exact) mass is 473 g/mol. The highest BCUT2D eigenvalue weighted by Gasteiger charge is 2.45. The molecule has 178 valence electrons. The van der Waals surface area contributed by atoms with Crippen molar-refractivity contribution in [1.29, 1.82) is 0 Å². The largest absolute Gasteiger partial charge is 0.529 e. The second-order valence-electron chi connectivity index (χ2n) is 7.52. The quantitative estimate of drug-likeness (QED) is 0.268. The molecule has 1 saturated heterocycles. The highest BCUT2D eigenvalue weighted by molar-refractivity contribution is 7.48. The fraction of sp³-hybridized carbons (Fsp3) is 0.667. The van der Waals surface area contributed by atoms with E-state index in [9.17, 15) is 24.5 Å². The van der Waals surface area contributed by atoms with Gasteiger partial charge in [0.15, 0.2) is 17.7 Å². The number of nitrogens with zero attached hydrogens (tertiary/aromatic N) is 4. The van der Waals surface area contributed by atoms with Crippen molar-refractivity contribution in [3.8, 4) is 0 Å². The van der Waals surface area contributed by atoms with Crippen molar-refractivity contribution in [3.63, 3.8) is 0 Å². The van der Waals surface area contributed by atoms with E-state index in [0.29, 0.717) is 11.9 Å². The van der Waals surface area contributed by atoms with Crippen LogP contribution in [0.15, 0.2) is 12.7 Å². The van der Waals surface area contributed by atoms with Gasteiger partial charge >= 0.3 is 13.8 Å². The van der Waals surface area contributed by atoms with Crippen molar-refractivity contribution in [3.05, 3.63) is 12.7 Å². The Morgan fingerprint density at radius 3 is 2.72 bits per heavy atom. The maximum atomic E-state index is 12.1. The van der Waals surface area contributed by atoms with Crippen LogP contribution in [0.1, 0.15) is 51.7 Å². The number of aromatic nitrogens is 4. The Hall–Kier alpha value is -2.15. The molecule has 1 unspecified atom stereocenters. The molecule has 3 rings (SSSR count). The average Bonchev–Trinajstić information content (AvgIpc) is 3.29. The van der Waals surface area contributed by atoms with Crippen LogP contribution < -0.4 is 5.73 Å². The minimum Gasteiger partial charge on any atom is -0.387 e. The number of imidazole rings is 1. The van der Waals surface area contributed by atoms with E-state index >= 15 is 0 Å². The summed E-state index contributed by atoms with van der Waals surface area (Å²) in [6.07, 6.45) is 1.84. The summed E-state index contributed by atoms with van der Waals surface area (Å²) in [5, 5.41) is 20.7. The van der Waals surface area contributed by atoms with E-state index in [1.165, 1.54) is 17.2 Å². The van der Waals surface area contributed by atoms with Gasteiger partial charge in [-0.3, -0.25) is 18.8 Å². The molecule has 2 aromatic rings. The lowest BCUT2D eigenvalue weighted by Gasteiger charge is -2.17. The molecule has 1 aliphatic heterocycles. The average molecular weight is 473 g/mol. The molecule has 1 fully saturated rings. The number of carbonyl (C=O) groups is 1. The van der Waals surface area contributed by atoms with Crippen molar-refractivity contribution in [1.82, 2.24) is 19.5 Å². The number of anilines is 1. The van der Waals surface area contributed by atoms with E-state index in [1.54, 1.807) is 0 Å². The van der Waals surface area contributed by atoms with E-state index in [4.69, 9.17) is 15.0 Å². The number of hydrogen-bond donors (Lipinski definition) is 4. The maximum absolute atomic E-state index is 12.1. The van der Waals surface area contributed by atoms with E-state index in [1.807, 2.05) is 0 Å². The first-order chi connectivity index (χ1) is 15.2. The molecular weight excluding hydrogens is 445 g/mol. The number of unbranched alkanes of at least 4 members (excludes halogenated alkanes) is 4. The minimum absolute atomic E-state index is 0.000339. The highest BCUT2D eigenvalue weighted by Crippen LogP contribution is 2.45. The summed E-state index contributed by atoms with van der Waals surface area (Å²) in [6, 6.07) is 0. The van der Waals surface area contributed by atoms with Crippen LogP contribution in [0.3, 0.4) is 0 Å². The van der Waals surface area contributed by atoms with Crippen LogP contribution in [0.2, 0.25) is 0 Å². The molecule has 0 spiro atoms. The van der Waals surface area contributed by atoms with Gasteiger partial charge in [-0.25, -0.2) is 19.5 Å². The third kappa shape index (κ3) is 5.80. The van der Waals surface area contributed by atoms with Gasteiger partial charge in [0.05, 0.1) is 12.9 Å². The zero-order valence-electron chi connectivity index (χ0n) is 17.6. The van der Waals surface area contributed by atoms with Gasteiger partial charge in [0.2, 0.25) is 0 Å².